The van der Waals surface area contributed by atoms with Crippen LogP contribution in [0.3, 0.4) is 0 Å². The van der Waals surface area contributed by atoms with Gasteiger partial charge in [-0.15, -0.1) is 0 Å². The number of hydrogen-bond acceptors (Lipinski definition) is 4. The lowest BCUT2D eigenvalue weighted by molar-refractivity contribution is 0.0968. The van der Waals surface area contributed by atoms with E-state index < -0.39 is 11.8 Å². The number of nitrogens with two attached hydrogens (primary N) is 1. The van der Waals surface area contributed by atoms with E-state index in [1.165, 1.54) is 10.9 Å². The topological polar surface area (TPSA) is 119 Å². The van der Waals surface area contributed by atoms with Gasteiger partial charge in [-0.2, -0.15) is 0 Å². The molecule has 4 N–H and O–H groups in total. The monoisotopic (exact) mass is 388 g/mol. The lowest BCUT2D eigenvalue weighted by Gasteiger charge is -2.09. The van der Waals surface area contributed by atoms with Crippen molar-refractivity contribution in [3.05, 3.63) is 77.1 Å². The number of benzene rings is 2. The van der Waals surface area contributed by atoms with Gasteiger partial charge >= 0.3 is 0 Å². The molecular weight excluding hydrogens is 368 g/mol. The van der Waals surface area contributed by atoms with Crippen molar-refractivity contribution in [3.63, 3.8) is 0 Å². The van der Waals surface area contributed by atoms with Gasteiger partial charge in [0.1, 0.15) is 11.5 Å². The number of para-hydroxylation sites is 2. The highest BCUT2D eigenvalue weighted by Crippen LogP contribution is 2.19. The molecule has 0 saturated carbocycles. The molecule has 2 aromatic heterocycles. The van der Waals surface area contributed by atoms with Crippen LogP contribution in [-0.2, 0) is 6.54 Å². The van der Waals surface area contributed by atoms with E-state index >= 15 is 0 Å². The molecule has 2 heterocycles. The summed E-state index contributed by atoms with van der Waals surface area (Å²) in [4.78, 5) is 36.7. The number of carbonyl (C=O) groups is 2. The van der Waals surface area contributed by atoms with Crippen LogP contribution in [-0.4, -0.2) is 31.3 Å². The van der Waals surface area contributed by atoms with Crippen LogP contribution in [0.25, 0.3) is 11.0 Å². The fourth-order valence-corrected chi connectivity index (χ4v) is 3.30. The molecule has 0 radical (unpaired) electrons. The largest absolute Gasteiger partial charge is 0.364 e. The first-order valence-corrected chi connectivity index (χ1v) is 9.09. The number of aromatic amines is 1. The average Bonchev–Trinajstić information content (AvgIpc) is 3.27. The summed E-state index contributed by atoms with van der Waals surface area (Å²) in [5.74, 6) is -0.592. The Kier molecular flexibility index (Phi) is 4.59. The number of aromatic nitrogens is 4. The van der Waals surface area contributed by atoms with Crippen molar-refractivity contribution >= 4 is 28.5 Å². The molecule has 8 heteroatoms. The third kappa shape index (κ3) is 3.60. The van der Waals surface area contributed by atoms with Crippen molar-refractivity contribution in [2.24, 2.45) is 5.73 Å². The second-order valence-electron chi connectivity index (χ2n) is 6.91. The molecule has 0 spiro atoms. The summed E-state index contributed by atoms with van der Waals surface area (Å²) in [6.07, 6.45) is 1.42. The lowest BCUT2D eigenvalue weighted by Crippen LogP contribution is -2.23. The van der Waals surface area contributed by atoms with Crippen LogP contribution < -0.4 is 11.1 Å². The first-order chi connectivity index (χ1) is 13.9. The van der Waals surface area contributed by atoms with E-state index in [2.05, 4.69) is 20.3 Å². The highest BCUT2D eigenvalue weighted by molar-refractivity contribution is 6.10. The SMILES string of the molecule is Cc1ccc(NC(=O)c2ncn(Cc3nc4ccccc4[nH]3)c2C(N)=O)c(C)c1. The Bertz CT molecular complexity index is 1200. The van der Waals surface area contributed by atoms with Gasteiger partial charge in [-0.25, -0.2) is 9.97 Å². The first kappa shape index (κ1) is 18.4. The van der Waals surface area contributed by atoms with Crippen molar-refractivity contribution < 1.29 is 9.59 Å². The van der Waals surface area contributed by atoms with Gasteiger partial charge in [0.05, 0.1) is 23.9 Å². The number of nitrogens with zero attached hydrogens (tertiary/aromatic N) is 3. The zero-order valence-electron chi connectivity index (χ0n) is 16.1. The van der Waals surface area contributed by atoms with Gasteiger partial charge in [0.15, 0.2) is 5.69 Å². The van der Waals surface area contributed by atoms with Gasteiger partial charge in [-0.3, -0.25) is 9.59 Å². The number of amides is 2. The molecule has 0 bridgehead atoms. The van der Waals surface area contributed by atoms with Crippen LogP contribution in [0.1, 0.15) is 37.9 Å². The van der Waals surface area contributed by atoms with Crippen molar-refractivity contribution in [1.82, 2.24) is 19.5 Å². The van der Waals surface area contributed by atoms with Crippen molar-refractivity contribution in [2.75, 3.05) is 5.32 Å². The number of hydrogen-bond donors (Lipinski definition) is 3. The number of H-pyrrole nitrogens is 1. The summed E-state index contributed by atoms with van der Waals surface area (Å²) in [5.41, 5.74) is 9.94. The summed E-state index contributed by atoms with van der Waals surface area (Å²) in [6, 6.07) is 13.3. The van der Waals surface area contributed by atoms with Crippen LogP contribution in [0.15, 0.2) is 48.8 Å². The van der Waals surface area contributed by atoms with E-state index in [9.17, 15) is 9.59 Å². The van der Waals surface area contributed by atoms with Crippen LogP contribution in [0.2, 0.25) is 0 Å². The van der Waals surface area contributed by atoms with E-state index in [0.717, 1.165) is 22.2 Å². The zero-order valence-corrected chi connectivity index (χ0v) is 16.1. The normalized spacial score (nSPS) is 11.0. The number of aryl methyl sites for hydroxylation is 2. The number of rotatable bonds is 5. The molecule has 29 heavy (non-hydrogen) atoms. The Labute approximate surface area is 166 Å². The molecule has 0 saturated heterocycles. The van der Waals surface area contributed by atoms with Crippen molar-refractivity contribution in [2.45, 2.75) is 20.4 Å². The van der Waals surface area contributed by atoms with Gasteiger partial charge in [0, 0.05) is 5.69 Å². The number of nitrogens with one attached hydrogen (secondary N) is 2. The molecule has 0 aliphatic heterocycles. The number of carbonyl (C=O) groups excluding carboxylic acids is 2. The molecule has 0 unspecified atom stereocenters. The smallest absolute Gasteiger partial charge is 0.276 e. The second kappa shape index (κ2) is 7.23. The van der Waals surface area contributed by atoms with Crippen LogP contribution >= 0.6 is 0 Å². The maximum atomic E-state index is 12.8. The van der Waals surface area contributed by atoms with E-state index in [4.69, 9.17) is 5.73 Å². The second-order valence-corrected chi connectivity index (χ2v) is 6.91. The molecule has 8 nitrogen and oxygen atoms in total. The minimum absolute atomic E-state index is 0.0198. The molecule has 0 fully saturated rings. The minimum atomic E-state index is -0.732. The number of imidazole rings is 2. The van der Waals surface area contributed by atoms with E-state index in [-0.39, 0.29) is 17.9 Å². The van der Waals surface area contributed by atoms with Gasteiger partial charge in [0.25, 0.3) is 11.8 Å². The van der Waals surface area contributed by atoms with E-state index in [0.29, 0.717) is 11.5 Å². The summed E-state index contributed by atoms with van der Waals surface area (Å²) in [5, 5.41) is 2.80. The van der Waals surface area contributed by atoms with E-state index in [1.807, 2.05) is 56.3 Å². The summed E-state index contributed by atoms with van der Waals surface area (Å²) in [6.45, 7) is 4.11. The zero-order chi connectivity index (χ0) is 20.5. The van der Waals surface area contributed by atoms with Crippen LogP contribution in [0, 0.1) is 13.8 Å². The molecule has 4 aromatic rings. The molecular formula is C21H20N6O2. The quantitative estimate of drug-likeness (QED) is 0.487. The summed E-state index contributed by atoms with van der Waals surface area (Å²) < 4.78 is 1.52. The highest BCUT2D eigenvalue weighted by Gasteiger charge is 2.23. The molecule has 0 aliphatic carbocycles. The molecule has 0 atom stereocenters. The van der Waals surface area contributed by atoms with Crippen LogP contribution in [0.5, 0.6) is 0 Å². The van der Waals surface area contributed by atoms with Gasteiger partial charge in [0.2, 0.25) is 0 Å². The average molecular weight is 388 g/mol. The Morgan fingerprint density at radius 3 is 2.69 bits per heavy atom. The highest BCUT2D eigenvalue weighted by atomic mass is 16.2. The van der Waals surface area contributed by atoms with Crippen LogP contribution in [0.4, 0.5) is 5.69 Å². The Morgan fingerprint density at radius 2 is 1.97 bits per heavy atom. The molecule has 2 amide bonds. The molecule has 146 valence electrons. The fraction of sp³-hybridized carbons (Fsp3) is 0.143. The standard InChI is InChI=1S/C21H20N6O2/c1-12-7-8-14(13(2)9-12)26-21(29)18-19(20(22)28)27(11-23-18)10-17-24-15-5-3-4-6-16(15)25-17/h3-9,11H,10H2,1-2H3,(H2,22,28)(H,24,25)(H,26,29). The number of primary amides is 1. The third-order valence-electron chi connectivity index (χ3n) is 4.67. The molecule has 2 aromatic carbocycles. The Balaban J connectivity index is 1.63. The predicted molar refractivity (Wildman–Crippen MR) is 110 cm³/mol. The maximum absolute atomic E-state index is 12.8. The first-order valence-electron chi connectivity index (χ1n) is 9.09. The Morgan fingerprint density at radius 1 is 1.17 bits per heavy atom. The number of fused-ring (bicyclic) bond motifs is 1. The van der Waals surface area contributed by atoms with Gasteiger partial charge in [-0.1, -0.05) is 29.8 Å². The van der Waals surface area contributed by atoms with Crippen molar-refractivity contribution in [1.29, 1.82) is 0 Å². The van der Waals surface area contributed by atoms with Gasteiger partial charge in [-0.05, 0) is 37.6 Å². The van der Waals surface area contributed by atoms with Gasteiger partial charge < -0.3 is 20.6 Å². The van der Waals surface area contributed by atoms with Crippen molar-refractivity contribution in [3.8, 4) is 0 Å². The summed E-state index contributed by atoms with van der Waals surface area (Å²) in [7, 11) is 0. The molecule has 4 rings (SSSR count). The molecule has 0 aliphatic rings. The Hall–Kier alpha value is -3.94. The maximum Gasteiger partial charge on any atom is 0.276 e. The fourth-order valence-electron chi connectivity index (χ4n) is 3.30. The van der Waals surface area contributed by atoms with E-state index in [1.54, 1.807) is 0 Å². The summed E-state index contributed by atoms with van der Waals surface area (Å²) >= 11 is 0. The number of anilines is 1. The third-order valence-corrected chi connectivity index (χ3v) is 4.67. The lowest BCUT2D eigenvalue weighted by atomic mass is 10.1. The predicted octanol–water partition coefficient (Wildman–Crippen LogP) is 2.78. The minimum Gasteiger partial charge on any atom is -0.364 e.